The van der Waals surface area contributed by atoms with Crippen molar-refractivity contribution < 1.29 is 13.2 Å². The number of benzene rings is 2. The Morgan fingerprint density at radius 3 is 2.38 bits per heavy atom. The van der Waals surface area contributed by atoms with Gasteiger partial charge in [-0.15, -0.1) is 0 Å². The lowest BCUT2D eigenvalue weighted by atomic mass is 9.99. The summed E-state index contributed by atoms with van der Waals surface area (Å²) in [5, 5.41) is 0. The van der Waals surface area contributed by atoms with Crippen molar-refractivity contribution in [3.8, 4) is 0 Å². The molecule has 1 unspecified atom stereocenters. The van der Waals surface area contributed by atoms with Gasteiger partial charge < -0.3 is 16.4 Å². The monoisotopic (exact) mass is 291 g/mol. The Hall–Kier alpha value is -2.47. The molecule has 2 aromatic carbocycles. The van der Waals surface area contributed by atoms with Gasteiger partial charge in [-0.2, -0.15) is 0 Å². The highest BCUT2D eigenvalue weighted by Crippen LogP contribution is 2.36. The minimum absolute atomic E-state index is 0.395. The van der Waals surface area contributed by atoms with Gasteiger partial charge in [-0.1, -0.05) is 12.1 Å². The van der Waals surface area contributed by atoms with Crippen LogP contribution >= 0.6 is 0 Å². The van der Waals surface area contributed by atoms with Gasteiger partial charge in [0.1, 0.15) is 17.7 Å². The van der Waals surface area contributed by atoms with Gasteiger partial charge in [-0.25, -0.2) is 13.2 Å². The lowest BCUT2D eigenvalue weighted by Gasteiger charge is -2.33. The molecule has 0 amide bonds. The second kappa shape index (κ2) is 4.82. The van der Waals surface area contributed by atoms with E-state index in [0.717, 1.165) is 0 Å². The Kier molecular flexibility index (Phi) is 3.10. The fraction of sp³-hybridized carbons (Fsp3) is 0.0667. The van der Waals surface area contributed by atoms with Crippen LogP contribution in [0.15, 0.2) is 36.5 Å². The van der Waals surface area contributed by atoms with Gasteiger partial charge >= 0.3 is 0 Å². The largest absolute Gasteiger partial charge is 0.398 e. The Balaban J connectivity index is 2.12. The highest BCUT2D eigenvalue weighted by atomic mass is 19.1. The number of anilines is 2. The number of halogens is 3. The van der Waals surface area contributed by atoms with Crippen molar-refractivity contribution in [1.82, 2.24) is 0 Å². The Labute approximate surface area is 119 Å². The summed E-state index contributed by atoms with van der Waals surface area (Å²) in [5.41, 5.74) is 13.4. The van der Waals surface area contributed by atoms with Gasteiger partial charge in [0, 0.05) is 29.6 Å². The molecule has 6 heteroatoms. The Morgan fingerprint density at radius 1 is 1.05 bits per heavy atom. The summed E-state index contributed by atoms with van der Waals surface area (Å²) < 4.78 is 40.8. The standard InChI is InChI=1S/C15H12F3N3/c16-8-6-11(17)14(12(18)7-8)21-5-4-9-10(15(21)20)2-1-3-13(9)19/h1-7,15H,19-20H2. The quantitative estimate of drug-likeness (QED) is 0.794. The second-order valence-corrected chi connectivity index (χ2v) is 4.74. The van der Waals surface area contributed by atoms with Gasteiger partial charge in [0.15, 0.2) is 11.6 Å². The highest BCUT2D eigenvalue weighted by molar-refractivity contribution is 5.74. The zero-order valence-electron chi connectivity index (χ0n) is 10.9. The zero-order valence-corrected chi connectivity index (χ0v) is 10.9. The highest BCUT2D eigenvalue weighted by Gasteiger charge is 2.27. The Bertz CT molecular complexity index is 720. The number of hydrogen-bond donors (Lipinski definition) is 2. The predicted molar refractivity (Wildman–Crippen MR) is 75.6 cm³/mol. The maximum absolute atomic E-state index is 13.9. The molecule has 3 nitrogen and oxygen atoms in total. The first-order valence-corrected chi connectivity index (χ1v) is 6.24. The average molecular weight is 291 g/mol. The van der Waals surface area contributed by atoms with E-state index >= 15 is 0 Å². The van der Waals surface area contributed by atoms with Crippen LogP contribution in [0.4, 0.5) is 24.5 Å². The predicted octanol–water partition coefficient (Wildman–Crippen LogP) is 3.13. The van der Waals surface area contributed by atoms with E-state index in [9.17, 15) is 13.2 Å². The molecule has 21 heavy (non-hydrogen) atoms. The van der Waals surface area contributed by atoms with Gasteiger partial charge in [-0.05, 0) is 17.7 Å². The molecule has 3 rings (SSSR count). The van der Waals surface area contributed by atoms with Crippen LogP contribution in [0.25, 0.3) is 6.08 Å². The summed E-state index contributed by atoms with van der Waals surface area (Å²) >= 11 is 0. The van der Waals surface area contributed by atoms with Crippen molar-refractivity contribution in [2.45, 2.75) is 6.17 Å². The summed E-state index contributed by atoms with van der Waals surface area (Å²) in [4.78, 5) is 1.21. The summed E-state index contributed by atoms with van der Waals surface area (Å²) in [6.45, 7) is 0. The van der Waals surface area contributed by atoms with Crippen molar-refractivity contribution in [3.63, 3.8) is 0 Å². The molecule has 0 aromatic heterocycles. The molecular weight excluding hydrogens is 279 g/mol. The summed E-state index contributed by atoms with van der Waals surface area (Å²) in [6, 6.07) is 6.39. The lowest BCUT2D eigenvalue weighted by molar-refractivity contribution is 0.534. The smallest absolute Gasteiger partial charge is 0.152 e. The molecular formula is C15H12F3N3. The van der Waals surface area contributed by atoms with Crippen molar-refractivity contribution in [2.24, 2.45) is 5.73 Å². The van der Waals surface area contributed by atoms with Gasteiger partial charge in [0.2, 0.25) is 0 Å². The topological polar surface area (TPSA) is 55.3 Å². The van der Waals surface area contributed by atoms with Crippen LogP contribution in [-0.4, -0.2) is 0 Å². The first-order chi connectivity index (χ1) is 9.99. The van der Waals surface area contributed by atoms with Gasteiger partial charge in [-0.3, -0.25) is 0 Å². The molecule has 1 aliphatic heterocycles. The third-order valence-electron chi connectivity index (χ3n) is 3.43. The second-order valence-electron chi connectivity index (χ2n) is 4.74. The normalized spacial score (nSPS) is 17.0. The van der Waals surface area contributed by atoms with Crippen molar-refractivity contribution >= 4 is 17.5 Å². The van der Waals surface area contributed by atoms with Crippen LogP contribution in [0.1, 0.15) is 17.3 Å². The van der Waals surface area contributed by atoms with Crippen LogP contribution in [0.5, 0.6) is 0 Å². The fourth-order valence-electron chi connectivity index (χ4n) is 2.44. The number of nitrogens with two attached hydrogens (primary N) is 2. The fourth-order valence-corrected chi connectivity index (χ4v) is 2.44. The number of nitrogen functional groups attached to an aromatic ring is 1. The summed E-state index contributed by atoms with van der Waals surface area (Å²) in [6.07, 6.45) is 2.24. The third-order valence-corrected chi connectivity index (χ3v) is 3.43. The number of hydrogen-bond acceptors (Lipinski definition) is 3. The first-order valence-electron chi connectivity index (χ1n) is 6.24. The molecule has 1 aliphatic rings. The minimum Gasteiger partial charge on any atom is -0.398 e. The molecule has 0 aliphatic carbocycles. The van der Waals surface area contributed by atoms with Crippen LogP contribution in [0.2, 0.25) is 0 Å². The molecule has 1 heterocycles. The van der Waals surface area contributed by atoms with Crippen molar-refractivity contribution in [3.05, 3.63) is 65.1 Å². The molecule has 0 fully saturated rings. The van der Waals surface area contributed by atoms with E-state index < -0.39 is 29.3 Å². The minimum atomic E-state index is -1.01. The van der Waals surface area contributed by atoms with Gasteiger partial charge in [0.25, 0.3) is 0 Å². The molecule has 0 saturated heterocycles. The van der Waals surface area contributed by atoms with E-state index in [-0.39, 0.29) is 0 Å². The van der Waals surface area contributed by atoms with E-state index in [1.54, 1.807) is 24.3 Å². The molecule has 108 valence electrons. The maximum atomic E-state index is 13.9. The summed E-state index contributed by atoms with van der Waals surface area (Å²) in [7, 11) is 0. The molecule has 0 bridgehead atoms. The van der Waals surface area contributed by atoms with Crippen LogP contribution in [0, 0.1) is 17.5 Å². The number of rotatable bonds is 1. The Morgan fingerprint density at radius 2 is 1.71 bits per heavy atom. The molecule has 2 aromatic rings. The van der Waals surface area contributed by atoms with Gasteiger partial charge in [0.05, 0.1) is 0 Å². The number of nitrogens with zero attached hydrogens (tertiary/aromatic N) is 1. The van der Waals surface area contributed by atoms with E-state index in [1.165, 1.54) is 11.1 Å². The van der Waals surface area contributed by atoms with E-state index in [4.69, 9.17) is 11.5 Å². The van der Waals surface area contributed by atoms with Crippen molar-refractivity contribution in [1.29, 1.82) is 0 Å². The number of fused-ring (bicyclic) bond motifs is 1. The molecule has 0 radical (unpaired) electrons. The first kappa shape index (κ1) is 13.5. The van der Waals surface area contributed by atoms with Crippen LogP contribution in [0.3, 0.4) is 0 Å². The molecule has 0 saturated carbocycles. The van der Waals surface area contributed by atoms with E-state index in [0.29, 0.717) is 28.9 Å². The van der Waals surface area contributed by atoms with Crippen LogP contribution < -0.4 is 16.4 Å². The molecule has 1 atom stereocenters. The lowest BCUT2D eigenvalue weighted by Crippen LogP contribution is -2.34. The summed E-state index contributed by atoms with van der Waals surface area (Å²) in [5.74, 6) is -3.01. The zero-order chi connectivity index (χ0) is 15.1. The van der Waals surface area contributed by atoms with E-state index in [2.05, 4.69) is 0 Å². The van der Waals surface area contributed by atoms with E-state index in [1.807, 2.05) is 0 Å². The maximum Gasteiger partial charge on any atom is 0.152 e. The molecule has 4 N–H and O–H groups in total. The van der Waals surface area contributed by atoms with Crippen LogP contribution in [-0.2, 0) is 0 Å². The third kappa shape index (κ3) is 2.13. The average Bonchev–Trinajstić information content (AvgIpc) is 2.41. The van der Waals surface area contributed by atoms with Crippen molar-refractivity contribution in [2.75, 3.05) is 10.6 Å². The SMILES string of the molecule is Nc1cccc2c1C=CN(c1c(F)cc(F)cc1F)C2N. The molecule has 0 spiro atoms.